The molecule has 348 valence electrons. The van der Waals surface area contributed by atoms with Gasteiger partial charge >= 0.3 is 0 Å². The average Bonchev–Trinajstić information content (AvgIpc) is 3.90. The van der Waals surface area contributed by atoms with Crippen LogP contribution in [0, 0.1) is 56.5 Å². The van der Waals surface area contributed by atoms with Gasteiger partial charge in [0.1, 0.15) is 17.1 Å². The van der Waals surface area contributed by atoms with Crippen molar-refractivity contribution in [2.24, 2.45) is 19.2 Å². The molecule has 0 saturated heterocycles. The number of unbranched alkanes of at least 4 members (excludes halogenated alkanes) is 3. The standard InChI is InChI=1S/C44H48F4N12O6/c1-23-35(25(3)58(5)37(23)41(63)53-27-11-13-31(45)33(47)17-27)39(61)43(65)51-20-29(55-49)19-50-15-9-7-8-10-16-60-22-30(56-57-60)21-52-44(66)40(62)36-24(2)38(59(6)26(36)4)42(64)54-28-12-14-32(46)34(48)18-28/h11-14,17-19,22,49-50H,7-10,15-16,20-21H2,1-6H3,(H,51,65)(H,52,66)(H,53,63)(H,54,64)/b29-19-,55-49?. The number of aryl methyl sites for hydroxylation is 1. The molecule has 0 saturated carbocycles. The van der Waals surface area contributed by atoms with Crippen molar-refractivity contribution in [3.8, 4) is 0 Å². The number of nitrogens with zero attached hydrogens (tertiary/aromatic N) is 6. The first kappa shape index (κ1) is 49.2. The van der Waals surface area contributed by atoms with Gasteiger partial charge in [-0.25, -0.2) is 23.1 Å². The second-order valence-corrected chi connectivity index (χ2v) is 15.3. The third kappa shape index (κ3) is 11.5. The van der Waals surface area contributed by atoms with Crippen LogP contribution in [0.1, 0.15) is 95.6 Å². The first-order chi connectivity index (χ1) is 31.3. The Hall–Kier alpha value is -7.78. The van der Waals surface area contributed by atoms with Crippen molar-refractivity contribution in [3.63, 3.8) is 0 Å². The molecule has 0 spiro atoms. The number of halogens is 4. The van der Waals surface area contributed by atoms with Crippen LogP contribution in [0.5, 0.6) is 0 Å². The minimum absolute atomic E-state index is 0.000604. The van der Waals surface area contributed by atoms with Crippen molar-refractivity contribution < 1.29 is 46.3 Å². The number of Topliss-reactive ketones (excluding diaryl/α,β-unsaturated/α-hetero) is 2. The molecule has 6 N–H and O–H groups in total. The number of benzene rings is 2. The van der Waals surface area contributed by atoms with Crippen molar-refractivity contribution in [3.05, 3.63) is 128 Å². The normalized spacial score (nSPS) is 11.3. The summed E-state index contributed by atoms with van der Waals surface area (Å²) in [4.78, 5) is 78.2. The van der Waals surface area contributed by atoms with Gasteiger partial charge < -0.3 is 35.7 Å². The summed E-state index contributed by atoms with van der Waals surface area (Å²) in [7, 11) is 3.07. The molecule has 5 aromatic rings. The summed E-state index contributed by atoms with van der Waals surface area (Å²) < 4.78 is 58.5. The van der Waals surface area contributed by atoms with Crippen LogP contribution in [0.4, 0.5) is 28.9 Å². The molecule has 22 heteroatoms. The van der Waals surface area contributed by atoms with E-state index in [0.717, 1.165) is 49.9 Å². The number of nitrogens with one attached hydrogen (secondary N) is 6. The number of hydrogen-bond donors (Lipinski definition) is 6. The van der Waals surface area contributed by atoms with Crippen molar-refractivity contribution in [2.45, 2.75) is 66.5 Å². The maximum atomic E-state index is 13.7. The van der Waals surface area contributed by atoms with Gasteiger partial charge in [0.05, 0.1) is 36.1 Å². The molecule has 5 rings (SSSR count). The van der Waals surface area contributed by atoms with Crippen molar-refractivity contribution in [1.29, 1.82) is 5.53 Å². The lowest BCUT2D eigenvalue weighted by atomic mass is 10.0. The van der Waals surface area contributed by atoms with Crippen LogP contribution in [-0.4, -0.2) is 72.4 Å². The van der Waals surface area contributed by atoms with Crippen LogP contribution in [-0.2, 0) is 36.8 Å². The third-order valence-corrected chi connectivity index (χ3v) is 10.8. The van der Waals surface area contributed by atoms with Gasteiger partial charge in [-0.1, -0.05) is 18.1 Å². The van der Waals surface area contributed by atoms with Crippen molar-refractivity contribution in [1.82, 2.24) is 40.1 Å². The number of carbonyl (C=O) groups is 6. The van der Waals surface area contributed by atoms with Crippen LogP contribution in [0.2, 0.25) is 0 Å². The molecule has 0 aliphatic rings. The topological polar surface area (TPSA) is 239 Å². The van der Waals surface area contributed by atoms with Crippen LogP contribution in [0.25, 0.3) is 0 Å². The quantitative estimate of drug-likeness (QED) is 0.0172. The number of rotatable bonds is 21. The minimum atomic E-state index is -1.15. The Morgan fingerprint density at radius 1 is 0.697 bits per heavy atom. The molecule has 3 heterocycles. The van der Waals surface area contributed by atoms with Crippen molar-refractivity contribution >= 4 is 46.6 Å². The van der Waals surface area contributed by atoms with E-state index < -0.39 is 58.5 Å². The predicted octanol–water partition coefficient (Wildman–Crippen LogP) is 5.77. The third-order valence-electron chi connectivity index (χ3n) is 10.8. The summed E-state index contributed by atoms with van der Waals surface area (Å²) in [6, 6.07) is 5.77. The van der Waals surface area contributed by atoms with Crippen LogP contribution >= 0.6 is 0 Å². The fourth-order valence-corrected chi connectivity index (χ4v) is 7.22. The molecule has 0 atom stereocenters. The molecule has 0 bridgehead atoms. The van der Waals surface area contributed by atoms with Gasteiger partial charge in [-0.05, 0) is 75.9 Å². The fourth-order valence-electron chi connectivity index (χ4n) is 7.22. The van der Waals surface area contributed by atoms with Gasteiger partial charge in [0.2, 0.25) is 0 Å². The summed E-state index contributed by atoms with van der Waals surface area (Å²) in [5.41, 5.74) is 9.35. The van der Waals surface area contributed by atoms with E-state index >= 15 is 0 Å². The van der Waals surface area contributed by atoms with Gasteiger partial charge in [0.25, 0.3) is 35.2 Å². The Morgan fingerprint density at radius 2 is 1.20 bits per heavy atom. The maximum absolute atomic E-state index is 13.7. The highest BCUT2D eigenvalue weighted by Crippen LogP contribution is 2.25. The van der Waals surface area contributed by atoms with Crippen LogP contribution in [0.15, 0.2) is 59.6 Å². The van der Waals surface area contributed by atoms with Crippen LogP contribution in [0.3, 0.4) is 0 Å². The molecule has 3 aromatic heterocycles. The van der Waals surface area contributed by atoms with E-state index in [4.69, 9.17) is 5.53 Å². The number of anilines is 2. The van der Waals surface area contributed by atoms with Gasteiger partial charge in [-0.3, -0.25) is 33.4 Å². The summed E-state index contributed by atoms with van der Waals surface area (Å²) in [6.45, 7) is 6.91. The van der Waals surface area contributed by atoms with Gasteiger partial charge in [-0.15, -0.1) is 5.10 Å². The molecule has 4 amide bonds. The van der Waals surface area contributed by atoms with E-state index in [1.54, 1.807) is 31.8 Å². The maximum Gasteiger partial charge on any atom is 0.292 e. The number of ketones is 2. The molecule has 0 aliphatic carbocycles. The number of aromatic nitrogens is 5. The molecular formula is C44H48F4N12O6. The largest absolute Gasteiger partial charge is 0.389 e. The average molecular weight is 917 g/mol. The predicted molar refractivity (Wildman–Crippen MR) is 232 cm³/mol. The van der Waals surface area contributed by atoms with E-state index in [0.29, 0.717) is 30.2 Å². The Morgan fingerprint density at radius 3 is 1.70 bits per heavy atom. The SMILES string of the molecule is Cc1c(C(=O)C(=O)NC/C(=C/NCCCCCCn2cc(CNC(=O)C(=O)c3c(C)c(C(=O)Nc4ccc(F)c(F)c4)n(C)c3C)nn2)N=N)c(C)n(C)c1C(=O)Nc1ccc(F)c(F)c1. The zero-order valence-corrected chi connectivity index (χ0v) is 36.9. The van der Waals surface area contributed by atoms with E-state index in [2.05, 4.69) is 42.0 Å². The van der Waals surface area contributed by atoms with Gasteiger partial charge in [-0.2, -0.15) is 5.11 Å². The molecule has 0 radical (unpaired) electrons. The number of hydrogen-bond acceptors (Lipinski definition) is 11. The number of carbonyl (C=O) groups excluding carboxylic acids is 6. The molecular weight excluding hydrogens is 869 g/mol. The highest BCUT2D eigenvalue weighted by Gasteiger charge is 2.30. The highest BCUT2D eigenvalue weighted by molar-refractivity contribution is 6.44. The lowest BCUT2D eigenvalue weighted by Gasteiger charge is -2.08. The van der Waals surface area contributed by atoms with E-state index in [9.17, 15) is 46.3 Å². The lowest BCUT2D eigenvalue weighted by molar-refractivity contribution is -0.117. The Labute approximate surface area is 375 Å². The second kappa shape index (κ2) is 21.7. The van der Waals surface area contributed by atoms with Gasteiger partial charge in [0.15, 0.2) is 23.3 Å². The van der Waals surface area contributed by atoms with Crippen LogP contribution < -0.4 is 26.6 Å². The smallest absolute Gasteiger partial charge is 0.292 e. The van der Waals surface area contributed by atoms with Crippen molar-refractivity contribution in [2.75, 3.05) is 23.7 Å². The molecule has 18 nitrogen and oxygen atoms in total. The summed E-state index contributed by atoms with van der Waals surface area (Å²) in [5, 5.41) is 24.5. The Kier molecular flexibility index (Phi) is 16.2. The summed E-state index contributed by atoms with van der Waals surface area (Å²) in [6.07, 6.45) is 6.30. The minimum Gasteiger partial charge on any atom is -0.389 e. The Bertz CT molecular complexity index is 2760. The second-order valence-electron chi connectivity index (χ2n) is 15.3. The van der Waals surface area contributed by atoms with E-state index in [-0.39, 0.29) is 63.8 Å². The molecule has 0 fully saturated rings. The number of amides is 4. The molecule has 0 aliphatic heterocycles. The summed E-state index contributed by atoms with van der Waals surface area (Å²) in [5.74, 6) is -9.48. The highest BCUT2D eigenvalue weighted by atomic mass is 19.2. The summed E-state index contributed by atoms with van der Waals surface area (Å²) >= 11 is 0. The Balaban J connectivity index is 1.00. The zero-order valence-electron chi connectivity index (χ0n) is 36.9. The molecule has 66 heavy (non-hydrogen) atoms. The molecule has 0 unspecified atom stereocenters. The molecule has 2 aromatic carbocycles. The monoisotopic (exact) mass is 916 g/mol. The van der Waals surface area contributed by atoms with E-state index in [1.165, 1.54) is 48.4 Å². The zero-order chi connectivity index (χ0) is 48.4. The first-order valence-corrected chi connectivity index (χ1v) is 20.5. The first-order valence-electron chi connectivity index (χ1n) is 20.5. The van der Waals surface area contributed by atoms with E-state index in [1.807, 2.05) is 0 Å². The van der Waals surface area contributed by atoms with Gasteiger partial charge in [0, 0.05) is 68.3 Å². The lowest BCUT2D eigenvalue weighted by Crippen LogP contribution is -2.33. The fraction of sp³-hybridized carbons (Fsp3) is 0.318.